The van der Waals surface area contributed by atoms with Crippen molar-refractivity contribution < 1.29 is 24.2 Å². The molecular formula is C20H19NO5. The first-order chi connectivity index (χ1) is 12.5. The van der Waals surface area contributed by atoms with Crippen LogP contribution in [-0.4, -0.2) is 28.3 Å². The van der Waals surface area contributed by atoms with E-state index in [1.54, 1.807) is 6.20 Å². The van der Waals surface area contributed by atoms with E-state index in [2.05, 4.69) is 4.98 Å². The Morgan fingerprint density at radius 1 is 1.15 bits per heavy atom. The topological polar surface area (TPSA) is 92.8 Å². The number of aromatic hydroxyl groups is 2. The number of oxazole rings is 1. The number of ether oxygens (including phenoxy) is 1. The zero-order valence-electron chi connectivity index (χ0n) is 14.5. The molecule has 134 valence electrons. The maximum Gasteiger partial charge on any atom is 0.310 e. The quantitative estimate of drug-likeness (QED) is 0.680. The maximum atomic E-state index is 11.8. The highest BCUT2D eigenvalue weighted by Crippen LogP contribution is 2.40. The van der Waals surface area contributed by atoms with Crippen LogP contribution >= 0.6 is 0 Å². The molecule has 0 radical (unpaired) electrons. The van der Waals surface area contributed by atoms with E-state index < -0.39 is 5.97 Å². The van der Waals surface area contributed by atoms with Gasteiger partial charge < -0.3 is 19.4 Å². The number of hydrogen-bond acceptors (Lipinski definition) is 6. The van der Waals surface area contributed by atoms with Crippen LogP contribution in [0.4, 0.5) is 0 Å². The molecule has 2 aromatic carbocycles. The summed E-state index contributed by atoms with van der Waals surface area (Å²) < 4.78 is 10.6. The van der Waals surface area contributed by atoms with Gasteiger partial charge in [0.1, 0.15) is 11.5 Å². The molecule has 0 aliphatic heterocycles. The molecule has 0 saturated heterocycles. The first-order valence-corrected chi connectivity index (χ1v) is 8.20. The van der Waals surface area contributed by atoms with Gasteiger partial charge in [0.15, 0.2) is 5.76 Å². The molecule has 1 aromatic heterocycles. The molecule has 26 heavy (non-hydrogen) atoms. The lowest BCUT2D eigenvalue weighted by Crippen LogP contribution is -2.09. The predicted octanol–water partition coefficient (Wildman–Crippen LogP) is 3.70. The molecule has 0 saturated carbocycles. The minimum atomic E-state index is -0.485. The second-order valence-electron chi connectivity index (χ2n) is 5.75. The van der Waals surface area contributed by atoms with Crippen LogP contribution in [0, 0.1) is 0 Å². The fraction of sp³-hybridized carbons (Fsp3) is 0.200. The van der Waals surface area contributed by atoms with Gasteiger partial charge in [-0.15, -0.1) is 0 Å². The summed E-state index contributed by atoms with van der Waals surface area (Å²) in [5.41, 5.74) is 2.11. The Morgan fingerprint density at radius 2 is 1.88 bits per heavy atom. The van der Waals surface area contributed by atoms with Crippen LogP contribution in [-0.2, 0) is 22.4 Å². The average molecular weight is 353 g/mol. The van der Waals surface area contributed by atoms with Gasteiger partial charge in [0.25, 0.3) is 0 Å². The lowest BCUT2D eigenvalue weighted by molar-refractivity contribution is -0.139. The van der Waals surface area contributed by atoms with Crippen molar-refractivity contribution in [2.45, 2.75) is 19.8 Å². The Labute approximate surface area is 150 Å². The van der Waals surface area contributed by atoms with Gasteiger partial charge in [-0.2, -0.15) is 0 Å². The summed E-state index contributed by atoms with van der Waals surface area (Å²) in [4.78, 5) is 16.1. The molecule has 6 nitrogen and oxygen atoms in total. The van der Waals surface area contributed by atoms with Gasteiger partial charge in [-0.3, -0.25) is 4.79 Å². The van der Waals surface area contributed by atoms with E-state index in [0.717, 1.165) is 5.56 Å². The van der Waals surface area contributed by atoms with E-state index in [1.807, 2.05) is 37.3 Å². The second-order valence-corrected chi connectivity index (χ2v) is 5.75. The molecule has 0 fully saturated rings. The molecule has 0 spiro atoms. The van der Waals surface area contributed by atoms with Crippen LogP contribution in [0.3, 0.4) is 0 Å². The number of carbonyl (C=O) groups excluding carboxylic acids is 1. The largest absolute Gasteiger partial charge is 0.508 e. The standard InChI is InChI=1S/C20H19NO5/c1-3-13-14(9-18(24)25-2)19(16(23)10-15(13)22)20-21-11-17(26-20)12-7-5-4-6-8-12/h4-8,10-11,22-23H,3,9H2,1-2H3. The Bertz CT molecular complexity index is 931. The van der Waals surface area contributed by atoms with E-state index in [9.17, 15) is 15.0 Å². The zero-order valence-corrected chi connectivity index (χ0v) is 14.5. The molecule has 0 aliphatic rings. The van der Waals surface area contributed by atoms with Gasteiger partial charge >= 0.3 is 5.97 Å². The predicted molar refractivity (Wildman–Crippen MR) is 95.8 cm³/mol. The summed E-state index contributed by atoms with van der Waals surface area (Å²) >= 11 is 0. The van der Waals surface area contributed by atoms with Gasteiger partial charge in [-0.1, -0.05) is 37.3 Å². The van der Waals surface area contributed by atoms with Gasteiger partial charge in [0, 0.05) is 11.6 Å². The number of phenols is 2. The van der Waals surface area contributed by atoms with Crippen molar-refractivity contribution in [2.24, 2.45) is 0 Å². The Kier molecular flexibility index (Phi) is 4.93. The van der Waals surface area contributed by atoms with Gasteiger partial charge in [0.2, 0.25) is 5.89 Å². The van der Waals surface area contributed by atoms with E-state index in [1.165, 1.54) is 13.2 Å². The highest BCUT2D eigenvalue weighted by Gasteiger charge is 2.24. The first kappa shape index (κ1) is 17.5. The molecule has 6 heteroatoms. The molecule has 0 atom stereocenters. The second kappa shape index (κ2) is 7.31. The number of methoxy groups -OCH3 is 1. The summed E-state index contributed by atoms with van der Waals surface area (Å²) in [6.07, 6.45) is 1.92. The normalized spacial score (nSPS) is 10.7. The minimum Gasteiger partial charge on any atom is -0.508 e. The Hall–Kier alpha value is -3.28. The maximum absolute atomic E-state index is 11.8. The van der Waals surface area contributed by atoms with Crippen LogP contribution in [0.1, 0.15) is 18.1 Å². The summed E-state index contributed by atoms with van der Waals surface area (Å²) in [6, 6.07) is 10.7. The fourth-order valence-electron chi connectivity index (χ4n) is 2.92. The smallest absolute Gasteiger partial charge is 0.310 e. The van der Waals surface area contributed by atoms with Crippen molar-refractivity contribution in [1.29, 1.82) is 0 Å². The molecule has 1 heterocycles. The summed E-state index contributed by atoms with van der Waals surface area (Å²) in [6.45, 7) is 1.85. The number of esters is 1. The Morgan fingerprint density at radius 3 is 2.54 bits per heavy atom. The monoisotopic (exact) mass is 353 g/mol. The molecule has 0 unspecified atom stereocenters. The molecule has 3 aromatic rings. The number of aromatic nitrogens is 1. The summed E-state index contributed by atoms with van der Waals surface area (Å²) in [5.74, 6) is -0.0616. The SMILES string of the molecule is CCc1c(O)cc(O)c(-c2ncc(-c3ccccc3)o2)c1CC(=O)OC. The lowest BCUT2D eigenvalue weighted by atomic mass is 9.94. The molecule has 0 amide bonds. The van der Waals surface area contributed by atoms with E-state index >= 15 is 0 Å². The number of carbonyl (C=O) groups is 1. The van der Waals surface area contributed by atoms with E-state index in [-0.39, 0.29) is 29.4 Å². The highest BCUT2D eigenvalue weighted by atomic mass is 16.5. The number of nitrogens with zero attached hydrogens (tertiary/aromatic N) is 1. The van der Waals surface area contributed by atoms with Crippen molar-refractivity contribution in [2.75, 3.05) is 7.11 Å². The van der Waals surface area contributed by atoms with Crippen LogP contribution in [0.5, 0.6) is 11.5 Å². The van der Waals surface area contributed by atoms with Crippen LogP contribution < -0.4 is 0 Å². The van der Waals surface area contributed by atoms with Crippen molar-refractivity contribution in [3.8, 4) is 34.3 Å². The third-order valence-corrected chi connectivity index (χ3v) is 4.19. The molecular weight excluding hydrogens is 334 g/mol. The van der Waals surface area contributed by atoms with Crippen LogP contribution in [0.15, 0.2) is 47.0 Å². The third-order valence-electron chi connectivity index (χ3n) is 4.19. The molecule has 2 N–H and O–H groups in total. The molecule has 0 bridgehead atoms. The zero-order chi connectivity index (χ0) is 18.7. The average Bonchev–Trinajstić information content (AvgIpc) is 3.12. The number of rotatable bonds is 5. The van der Waals surface area contributed by atoms with Crippen molar-refractivity contribution >= 4 is 5.97 Å². The van der Waals surface area contributed by atoms with Crippen molar-refractivity contribution in [3.63, 3.8) is 0 Å². The van der Waals surface area contributed by atoms with E-state index in [4.69, 9.17) is 9.15 Å². The summed E-state index contributed by atoms with van der Waals surface area (Å²) in [7, 11) is 1.29. The number of hydrogen-bond donors (Lipinski definition) is 2. The Balaban J connectivity index is 2.15. The van der Waals surface area contributed by atoms with Gasteiger partial charge in [-0.25, -0.2) is 4.98 Å². The van der Waals surface area contributed by atoms with E-state index in [0.29, 0.717) is 23.3 Å². The third kappa shape index (κ3) is 3.26. The number of benzene rings is 2. The minimum absolute atomic E-state index is 0.0810. The molecule has 0 aliphatic carbocycles. The van der Waals surface area contributed by atoms with Crippen molar-refractivity contribution in [3.05, 3.63) is 53.7 Å². The lowest BCUT2D eigenvalue weighted by Gasteiger charge is -2.14. The van der Waals surface area contributed by atoms with Gasteiger partial charge in [0.05, 0.1) is 25.3 Å². The van der Waals surface area contributed by atoms with Crippen LogP contribution in [0.25, 0.3) is 22.8 Å². The van der Waals surface area contributed by atoms with Gasteiger partial charge in [-0.05, 0) is 17.5 Å². The fourth-order valence-corrected chi connectivity index (χ4v) is 2.92. The first-order valence-electron chi connectivity index (χ1n) is 8.20. The number of phenolic OH excluding ortho intramolecular Hbond substituents is 2. The summed E-state index contributed by atoms with van der Waals surface area (Å²) in [5, 5.41) is 20.5. The molecule has 3 rings (SSSR count). The highest BCUT2D eigenvalue weighted by molar-refractivity contribution is 5.81. The van der Waals surface area contributed by atoms with Crippen LogP contribution in [0.2, 0.25) is 0 Å². The van der Waals surface area contributed by atoms with Crippen molar-refractivity contribution in [1.82, 2.24) is 4.98 Å².